The van der Waals surface area contributed by atoms with Crippen molar-refractivity contribution in [3.05, 3.63) is 65.7 Å². The molecule has 0 saturated carbocycles. The van der Waals surface area contributed by atoms with Gasteiger partial charge in [-0.25, -0.2) is 18.6 Å². The number of carbonyl (C=O) groups is 1. The van der Waals surface area contributed by atoms with E-state index in [0.29, 0.717) is 5.56 Å². The first-order valence-corrected chi connectivity index (χ1v) is 11.1. The summed E-state index contributed by atoms with van der Waals surface area (Å²) in [5.74, 6) is -0.514. The van der Waals surface area contributed by atoms with E-state index < -0.39 is 40.5 Å². The van der Waals surface area contributed by atoms with Crippen LogP contribution in [-0.4, -0.2) is 46.0 Å². The van der Waals surface area contributed by atoms with Crippen LogP contribution >= 0.6 is 0 Å². The van der Waals surface area contributed by atoms with E-state index in [9.17, 15) is 13.2 Å². The molecule has 0 amide bonds. The van der Waals surface area contributed by atoms with Crippen LogP contribution in [0.25, 0.3) is 0 Å². The SMILES string of the molecule is CO[C@@H]1C[C@@H](NNS(=O)(=O)c2ccc(C)cc2)[C@H](OC(=O)c2ccccc2)[C@@H](C)O1. The Balaban J connectivity index is 1.74. The van der Waals surface area contributed by atoms with E-state index in [1.165, 1.54) is 19.2 Å². The van der Waals surface area contributed by atoms with Crippen LogP contribution in [0.1, 0.15) is 29.3 Å². The number of methoxy groups -OCH3 is 1. The lowest BCUT2D eigenvalue weighted by Crippen LogP contribution is -2.59. The van der Waals surface area contributed by atoms with Gasteiger partial charge in [-0.05, 0) is 38.1 Å². The number of rotatable bonds is 7. The van der Waals surface area contributed by atoms with Gasteiger partial charge in [-0.3, -0.25) is 0 Å². The maximum absolute atomic E-state index is 12.6. The van der Waals surface area contributed by atoms with Crippen LogP contribution in [0.4, 0.5) is 0 Å². The smallest absolute Gasteiger partial charge is 0.338 e. The van der Waals surface area contributed by atoms with E-state index in [1.54, 1.807) is 49.4 Å². The van der Waals surface area contributed by atoms with Gasteiger partial charge in [-0.15, -0.1) is 4.83 Å². The number of hydrogen-bond donors (Lipinski definition) is 2. The fraction of sp³-hybridized carbons (Fsp3) is 0.381. The molecular weight excluding hydrogens is 408 g/mol. The Hall–Kier alpha value is -2.30. The zero-order valence-corrected chi connectivity index (χ0v) is 17.9. The van der Waals surface area contributed by atoms with Gasteiger partial charge in [-0.2, -0.15) is 0 Å². The number of ether oxygens (including phenoxy) is 3. The third-order valence-electron chi connectivity index (χ3n) is 4.90. The maximum atomic E-state index is 12.6. The summed E-state index contributed by atoms with van der Waals surface area (Å²) in [6.07, 6.45) is -1.53. The van der Waals surface area contributed by atoms with Crippen molar-refractivity contribution in [3.63, 3.8) is 0 Å². The molecule has 1 aliphatic heterocycles. The molecule has 2 aromatic carbocycles. The lowest BCUT2D eigenvalue weighted by molar-refractivity contribution is -0.215. The average Bonchev–Trinajstić information content (AvgIpc) is 2.74. The molecule has 3 rings (SSSR count). The largest absolute Gasteiger partial charge is 0.454 e. The summed E-state index contributed by atoms with van der Waals surface area (Å²) in [6, 6.07) is 14.5. The van der Waals surface area contributed by atoms with E-state index in [2.05, 4.69) is 10.3 Å². The second-order valence-electron chi connectivity index (χ2n) is 7.15. The molecule has 0 aliphatic carbocycles. The second kappa shape index (κ2) is 9.67. The first kappa shape index (κ1) is 22.4. The predicted molar refractivity (Wildman–Crippen MR) is 110 cm³/mol. The normalized spacial score (nSPS) is 24.4. The summed E-state index contributed by atoms with van der Waals surface area (Å²) < 4.78 is 41.9. The molecule has 0 radical (unpaired) electrons. The van der Waals surface area contributed by atoms with Gasteiger partial charge >= 0.3 is 5.97 Å². The quantitative estimate of drug-likeness (QED) is 0.508. The number of carbonyl (C=O) groups excluding carboxylic acids is 1. The van der Waals surface area contributed by atoms with Gasteiger partial charge in [0.05, 0.1) is 22.6 Å². The standard InChI is InChI=1S/C21H26N2O6S/c1-14-9-11-17(12-10-14)30(25,26)23-22-18-13-19(27-3)28-15(2)20(18)29-21(24)16-7-5-4-6-8-16/h4-12,15,18-20,22-23H,13H2,1-3H3/t15-,18-,19+,20-/m1/s1. The van der Waals surface area contributed by atoms with Crippen LogP contribution in [0, 0.1) is 6.92 Å². The Morgan fingerprint density at radius 2 is 1.77 bits per heavy atom. The Bertz CT molecular complexity index is 949. The van der Waals surface area contributed by atoms with Crippen LogP contribution in [0.5, 0.6) is 0 Å². The number of hydrogen-bond acceptors (Lipinski definition) is 7. The molecular formula is C21H26N2O6S. The van der Waals surface area contributed by atoms with Crippen molar-refractivity contribution in [2.45, 2.75) is 49.7 Å². The van der Waals surface area contributed by atoms with Crippen molar-refractivity contribution in [2.75, 3.05) is 7.11 Å². The van der Waals surface area contributed by atoms with E-state index in [0.717, 1.165) is 5.56 Å². The number of benzene rings is 2. The molecule has 0 bridgehead atoms. The molecule has 30 heavy (non-hydrogen) atoms. The predicted octanol–water partition coefficient (Wildman–Crippen LogP) is 2.15. The van der Waals surface area contributed by atoms with Gasteiger partial charge < -0.3 is 14.2 Å². The van der Waals surface area contributed by atoms with Crippen LogP contribution in [0.15, 0.2) is 59.5 Å². The van der Waals surface area contributed by atoms with Crippen molar-refractivity contribution < 1.29 is 27.4 Å². The van der Waals surface area contributed by atoms with Crippen LogP contribution < -0.4 is 10.3 Å². The minimum atomic E-state index is -3.81. The van der Waals surface area contributed by atoms with Gasteiger partial charge in [0, 0.05) is 13.5 Å². The number of esters is 1. The minimum Gasteiger partial charge on any atom is -0.454 e. The molecule has 8 nitrogen and oxygen atoms in total. The fourth-order valence-corrected chi connectivity index (χ4v) is 4.13. The molecule has 4 atom stereocenters. The first-order valence-electron chi connectivity index (χ1n) is 9.58. The van der Waals surface area contributed by atoms with E-state index in [1.807, 2.05) is 6.92 Å². The monoisotopic (exact) mass is 434 g/mol. The number of aryl methyl sites for hydroxylation is 1. The highest BCUT2D eigenvalue weighted by atomic mass is 32.2. The van der Waals surface area contributed by atoms with Gasteiger partial charge in [0.1, 0.15) is 6.10 Å². The third kappa shape index (κ3) is 5.44. The molecule has 1 aliphatic rings. The molecule has 1 saturated heterocycles. The second-order valence-corrected chi connectivity index (χ2v) is 8.83. The average molecular weight is 435 g/mol. The van der Waals surface area contributed by atoms with E-state index >= 15 is 0 Å². The lowest BCUT2D eigenvalue weighted by Gasteiger charge is -2.39. The molecule has 9 heteroatoms. The Kier molecular flexibility index (Phi) is 7.22. The summed E-state index contributed by atoms with van der Waals surface area (Å²) in [5.41, 5.74) is 4.16. The number of sulfonamides is 1. The highest BCUT2D eigenvalue weighted by molar-refractivity contribution is 7.89. The maximum Gasteiger partial charge on any atom is 0.338 e. The van der Waals surface area contributed by atoms with Crippen LogP contribution in [0.3, 0.4) is 0 Å². The topological polar surface area (TPSA) is 103 Å². The fourth-order valence-electron chi connectivity index (χ4n) is 3.21. The molecule has 1 heterocycles. The summed E-state index contributed by atoms with van der Waals surface area (Å²) >= 11 is 0. The summed E-state index contributed by atoms with van der Waals surface area (Å²) in [6.45, 7) is 3.62. The van der Waals surface area contributed by atoms with Crippen LogP contribution in [0.2, 0.25) is 0 Å². The van der Waals surface area contributed by atoms with Crippen molar-refractivity contribution in [1.29, 1.82) is 0 Å². The molecule has 1 fully saturated rings. The van der Waals surface area contributed by atoms with Crippen molar-refractivity contribution in [1.82, 2.24) is 10.3 Å². The molecule has 2 N–H and O–H groups in total. The van der Waals surface area contributed by atoms with Gasteiger partial charge in [-0.1, -0.05) is 35.9 Å². The van der Waals surface area contributed by atoms with Crippen molar-refractivity contribution >= 4 is 16.0 Å². The van der Waals surface area contributed by atoms with Crippen molar-refractivity contribution in [2.24, 2.45) is 0 Å². The molecule has 0 spiro atoms. The summed E-state index contributed by atoms with van der Waals surface area (Å²) in [4.78, 5) is 15.1. The molecule has 162 valence electrons. The van der Waals surface area contributed by atoms with E-state index in [4.69, 9.17) is 14.2 Å². The third-order valence-corrected chi connectivity index (χ3v) is 6.18. The molecule has 2 aromatic rings. The lowest BCUT2D eigenvalue weighted by atomic mass is 10.00. The summed E-state index contributed by atoms with van der Waals surface area (Å²) in [7, 11) is -2.30. The Morgan fingerprint density at radius 3 is 2.40 bits per heavy atom. The van der Waals surface area contributed by atoms with Crippen molar-refractivity contribution in [3.8, 4) is 0 Å². The van der Waals surface area contributed by atoms with Gasteiger partial charge in [0.2, 0.25) is 0 Å². The minimum absolute atomic E-state index is 0.127. The molecule has 0 unspecified atom stereocenters. The Labute approximate surface area is 176 Å². The highest BCUT2D eigenvalue weighted by Gasteiger charge is 2.40. The number of hydrazine groups is 1. The van der Waals surface area contributed by atoms with Gasteiger partial charge in [0.15, 0.2) is 6.29 Å². The Morgan fingerprint density at radius 1 is 1.10 bits per heavy atom. The molecule has 0 aromatic heterocycles. The van der Waals surface area contributed by atoms with E-state index in [-0.39, 0.29) is 11.3 Å². The zero-order chi connectivity index (χ0) is 21.7. The first-order chi connectivity index (χ1) is 14.3. The highest BCUT2D eigenvalue weighted by Crippen LogP contribution is 2.24. The summed E-state index contributed by atoms with van der Waals surface area (Å²) in [5, 5.41) is 0. The number of nitrogens with one attached hydrogen (secondary N) is 2. The van der Waals surface area contributed by atoms with Gasteiger partial charge in [0.25, 0.3) is 10.0 Å². The zero-order valence-electron chi connectivity index (χ0n) is 17.1. The van der Waals surface area contributed by atoms with Crippen LogP contribution in [-0.2, 0) is 24.2 Å².